The zero-order valence-corrected chi connectivity index (χ0v) is 12.5. The molecule has 96 valence electrons. The van der Waals surface area contributed by atoms with Crippen LogP contribution in [0.5, 0.6) is 0 Å². The zero-order valence-electron chi connectivity index (χ0n) is 10.9. The van der Waals surface area contributed by atoms with Crippen molar-refractivity contribution in [2.75, 3.05) is 24.5 Å². The van der Waals surface area contributed by atoms with E-state index in [1.54, 1.807) is 0 Å². The Bertz CT molecular complexity index is 353. The molecular formula is C13H22BrN3. The molecule has 0 unspecified atom stereocenters. The predicted molar refractivity (Wildman–Crippen MR) is 77.4 cm³/mol. The van der Waals surface area contributed by atoms with E-state index in [-0.39, 0.29) is 0 Å². The van der Waals surface area contributed by atoms with E-state index in [0.717, 1.165) is 36.3 Å². The molecule has 0 aliphatic heterocycles. The number of anilines is 1. The van der Waals surface area contributed by atoms with Gasteiger partial charge in [-0.15, -0.1) is 0 Å². The van der Waals surface area contributed by atoms with Gasteiger partial charge in [-0.1, -0.05) is 13.8 Å². The van der Waals surface area contributed by atoms with Gasteiger partial charge < -0.3 is 10.6 Å². The summed E-state index contributed by atoms with van der Waals surface area (Å²) < 4.78 is 1.03. The average molecular weight is 300 g/mol. The van der Waals surface area contributed by atoms with E-state index in [1.165, 1.54) is 5.56 Å². The van der Waals surface area contributed by atoms with Crippen molar-refractivity contribution in [3.8, 4) is 0 Å². The Labute approximate surface area is 113 Å². The summed E-state index contributed by atoms with van der Waals surface area (Å²) in [5, 5.41) is 0. The highest BCUT2D eigenvalue weighted by molar-refractivity contribution is 9.10. The van der Waals surface area contributed by atoms with E-state index >= 15 is 0 Å². The second kappa shape index (κ2) is 6.97. The maximum absolute atomic E-state index is 5.59. The molecule has 0 atom stereocenters. The number of pyridine rings is 1. The van der Waals surface area contributed by atoms with E-state index in [1.807, 2.05) is 6.20 Å². The number of nitrogens with zero attached hydrogens (tertiary/aromatic N) is 2. The molecule has 0 aliphatic carbocycles. The first-order valence-electron chi connectivity index (χ1n) is 6.11. The second-order valence-electron chi connectivity index (χ2n) is 4.78. The van der Waals surface area contributed by atoms with Crippen LogP contribution < -0.4 is 10.6 Å². The van der Waals surface area contributed by atoms with Crippen molar-refractivity contribution >= 4 is 21.7 Å². The van der Waals surface area contributed by atoms with Crippen molar-refractivity contribution < 1.29 is 0 Å². The Morgan fingerprint density at radius 1 is 1.47 bits per heavy atom. The third kappa shape index (κ3) is 4.64. The molecule has 0 fully saturated rings. The van der Waals surface area contributed by atoms with Crippen LogP contribution in [0.1, 0.15) is 25.8 Å². The summed E-state index contributed by atoms with van der Waals surface area (Å²) in [4.78, 5) is 6.85. The van der Waals surface area contributed by atoms with Crippen molar-refractivity contribution in [2.45, 2.75) is 27.2 Å². The van der Waals surface area contributed by atoms with Crippen molar-refractivity contribution in [1.82, 2.24) is 4.98 Å². The van der Waals surface area contributed by atoms with Crippen molar-refractivity contribution in [3.63, 3.8) is 0 Å². The number of halogens is 1. The zero-order chi connectivity index (χ0) is 12.8. The summed E-state index contributed by atoms with van der Waals surface area (Å²) in [6, 6.07) is 2.11. The summed E-state index contributed by atoms with van der Waals surface area (Å²) >= 11 is 3.45. The van der Waals surface area contributed by atoms with Gasteiger partial charge in [0.1, 0.15) is 5.82 Å². The quantitative estimate of drug-likeness (QED) is 0.878. The summed E-state index contributed by atoms with van der Waals surface area (Å²) in [5.74, 6) is 1.70. The van der Waals surface area contributed by atoms with Gasteiger partial charge in [0.05, 0.1) is 0 Å². The fourth-order valence-electron chi connectivity index (χ4n) is 1.87. The summed E-state index contributed by atoms with van der Waals surface area (Å²) in [6.45, 7) is 9.28. The minimum absolute atomic E-state index is 0.623. The molecular weight excluding hydrogens is 278 g/mol. The SMILES string of the molecule is Cc1cc(Br)cnc1N(CCCN)CC(C)C. The second-order valence-corrected chi connectivity index (χ2v) is 5.69. The van der Waals surface area contributed by atoms with E-state index in [9.17, 15) is 0 Å². The van der Waals surface area contributed by atoms with Crippen molar-refractivity contribution in [1.29, 1.82) is 0 Å². The largest absolute Gasteiger partial charge is 0.356 e. The van der Waals surface area contributed by atoms with Gasteiger partial charge in [-0.05, 0) is 53.4 Å². The first-order valence-corrected chi connectivity index (χ1v) is 6.91. The molecule has 0 spiro atoms. The highest BCUT2D eigenvalue weighted by Gasteiger charge is 2.12. The van der Waals surface area contributed by atoms with Gasteiger partial charge in [-0.2, -0.15) is 0 Å². The van der Waals surface area contributed by atoms with Crippen LogP contribution in [0.4, 0.5) is 5.82 Å². The molecule has 0 bridgehead atoms. The Hall–Kier alpha value is -0.610. The lowest BCUT2D eigenvalue weighted by molar-refractivity contribution is 0.595. The molecule has 4 heteroatoms. The highest BCUT2D eigenvalue weighted by Crippen LogP contribution is 2.21. The van der Waals surface area contributed by atoms with Crippen LogP contribution in [0, 0.1) is 12.8 Å². The van der Waals surface area contributed by atoms with Gasteiger partial charge in [0.2, 0.25) is 0 Å². The monoisotopic (exact) mass is 299 g/mol. The molecule has 0 amide bonds. The normalized spacial score (nSPS) is 10.9. The molecule has 1 heterocycles. The number of hydrogen-bond donors (Lipinski definition) is 1. The lowest BCUT2D eigenvalue weighted by Gasteiger charge is -2.27. The predicted octanol–water partition coefficient (Wildman–Crippen LogP) is 2.96. The number of aryl methyl sites for hydroxylation is 1. The minimum Gasteiger partial charge on any atom is -0.356 e. The molecule has 17 heavy (non-hydrogen) atoms. The number of hydrogen-bond acceptors (Lipinski definition) is 3. The smallest absolute Gasteiger partial charge is 0.131 e. The van der Waals surface area contributed by atoms with E-state index < -0.39 is 0 Å². The van der Waals surface area contributed by atoms with Gasteiger partial charge in [-0.3, -0.25) is 0 Å². The van der Waals surface area contributed by atoms with Gasteiger partial charge in [0, 0.05) is 23.8 Å². The summed E-state index contributed by atoms with van der Waals surface area (Å²) in [7, 11) is 0. The van der Waals surface area contributed by atoms with Gasteiger partial charge in [0.15, 0.2) is 0 Å². The Balaban J connectivity index is 2.86. The van der Waals surface area contributed by atoms with Crippen LogP contribution in [-0.4, -0.2) is 24.6 Å². The Kier molecular flexibility index (Phi) is 5.92. The number of nitrogens with two attached hydrogens (primary N) is 1. The summed E-state index contributed by atoms with van der Waals surface area (Å²) in [5.41, 5.74) is 6.80. The Morgan fingerprint density at radius 3 is 2.71 bits per heavy atom. The molecule has 1 aromatic rings. The first kappa shape index (κ1) is 14.5. The molecule has 0 radical (unpaired) electrons. The molecule has 3 nitrogen and oxygen atoms in total. The molecule has 0 aliphatic rings. The fourth-order valence-corrected chi connectivity index (χ4v) is 2.32. The molecule has 1 rings (SSSR count). The van der Waals surface area contributed by atoms with Gasteiger partial charge in [-0.25, -0.2) is 4.98 Å². The van der Waals surface area contributed by atoms with Gasteiger partial charge >= 0.3 is 0 Å². The van der Waals surface area contributed by atoms with E-state index in [4.69, 9.17) is 5.73 Å². The molecule has 0 saturated heterocycles. The van der Waals surface area contributed by atoms with Crippen LogP contribution in [0.3, 0.4) is 0 Å². The number of rotatable bonds is 6. The summed E-state index contributed by atoms with van der Waals surface area (Å²) in [6.07, 6.45) is 2.86. The molecule has 0 aromatic carbocycles. The Morgan fingerprint density at radius 2 is 2.18 bits per heavy atom. The standard InChI is InChI=1S/C13H22BrN3/c1-10(2)9-17(6-4-5-15)13-11(3)7-12(14)8-16-13/h7-8,10H,4-6,9,15H2,1-3H3. The van der Waals surface area contributed by atoms with Crippen LogP contribution in [0.25, 0.3) is 0 Å². The van der Waals surface area contributed by atoms with Gasteiger partial charge in [0.25, 0.3) is 0 Å². The fraction of sp³-hybridized carbons (Fsp3) is 0.615. The molecule has 1 aromatic heterocycles. The lowest BCUT2D eigenvalue weighted by Crippen LogP contribution is -2.31. The third-order valence-electron chi connectivity index (χ3n) is 2.53. The number of aromatic nitrogens is 1. The van der Waals surface area contributed by atoms with Crippen molar-refractivity contribution in [2.24, 2.45) is 11.7 Å². The van der Waals surface area contributed by atoms with Crippen LogP contribution in [-0.2, 0) is 0 Å². The van der Waals surface area contributed by atoms with Crippen LogP contribution >= 0.6 is 15.9 Å². The maximum Gasteiger partial charge on any atom is 0.131 e. The minimum atomic E-state index is 0.623. The first-order chi connectivity index (χ1) is 8.04. The average Bonchev–Trinajstić information content (AvgIpc) is 2.24. The molecule has 0 saturated carbocycles. The van der Waals surface area contributed by atoms with Crippen LogP contribution in [0.2, 0.25) is 0 Å². The maximum atomic E-state index is 5.59. The highest BCUT2D eigenvalue weighted by atomic mass is 79.9. The van der Waals surface area contributed by atoms with E-state index in [0.29, 0.717) is 5.92 Å². The van der Waals surface area contributed by atoms with Crippen LogP contribution in [0.15, 0.2) is 16.7 Å². The van der Waals surface area contributed by atoms with Crippen molar-refractivity contribution in [3.05, 3.63) is 22.3 Å². The lowest BCUT2D eigenvalue weighted by atomic mass is 10.2. The molecule has 2 N–H and O–H groups in total. The third-order valence-corrected chi connectivity index (χ3v) is 2.97. The topological polar surface area (TPSA) is 42.2 Å². The van der Waals surface area contributed by atoms with E-state index in [2.05, 4.69) is 52.7 Å².